The first-order valence-corrected chi connectivity index (χ1v) is 1.57. The highest BCUT2D eigenvalue weighted by Gasteiger charge is 1.90. The zero-order chi connectivity index (χ0) is 4.99. The van der Waals surface area contributed by atoms with Crippen LogP contribution in [0.1, 0.15) is 0 Å². The van der Waals surface area contributed by atoms with E-state index in [1.54, 1.807) is 0 Å². The van der Waals surface area contributed by atoms with Gasteiger partial charge in [-0.15, -0.1) is 0 Å². The Bertz CT molecular complexity index is 46.1. The SMILES string of the molecule is [N]=CC(O)CO. The molecule has 0 amide bonds. The fraction of sp³-hybridized carbons (Fsp3) is 0.667. The molecular formula is C3H6NO2. The molecule has 0 fully saturated rings. The second-order valence-corrected chi connectivity index (χ2v) is 0.899. The number of rotatable bonds is 2. The van der Waals surface area contributed by atoms with Crippen LogP contribution >= 0.6 is 0 Å². The molecule has 0 aliphatic heterocycles. The van der Waals surface area contributed by atoms with Crippen LogP contribution in [0.2, 0.25) is 0 Å². The van der Waals surface area contributed by atoms with Gasteiger partial charge < -0.3 is 10.2 Å². The number of hydrogen-bond acceptors (Lipinski definition) is 2. The number of aliphatic hydroxyl groups is 2. The van der Waals surface area contributed by atoms with E-state index in [0.29, 0.717) is 6.21 Å². The summed E-state index contributed by atoms with van der Waals surface area (Å²) in [4.78, 5) is 0. The highest BCUT2D eigenvalue weighted by Crippen LogP contribution is 1.65. The first-order valence-electron chi connectivity index (χ1n) is 1.57. The topological polar surface area (TPSA) is 62.8 Å². The third-order valence-electron chi connectivity index (χ3n) is 0.359. The molecule has 0 saturated carbocycles. The van der Waals surface area contributed by atoms with Crippen molar-refractivity contribution in [3.05, 3.63) is 0 Å². The van der Waals surface area contributed by atoms with Crippen LogP contribution in [-0.2, 0) is 0 Å². The van der Waals surface area contributed by atoms with Crippen molar-refractivity contribution in [3.8, 4) is 0 Å². The molecular weight excluding hydrogens is 82.0 g/mol. The molecule has 6 heavy (non-hydrogen) atoms. The largest absolute Gasteiger partial charge is 0.393 e. The van der Waals surface area contributed by atoms with E-state index in [9.17, 15) is 0 Å². The van der Waals surface area contributed by atoms with Crippen LogP contribution in [0.5, 0.6) is 0 Å². The molecule has 0 aliphatic rings. The van der Waals surface area contributed by atoms with Crippen LogP contribution in [0, 0.1) is 0 Å². The van der Waals surface area contributed by atoms with Crippen LogP contribution in [-0.4, -0.2) is 29.1 Å². The van der Waals surface area contributed by atoms with E-state index in [1.807, 2.05) is 0 Å². The second-order valence-electron chi connectivity index (χ2n) is 0.899. The molecule has 0 saturated heterocycles. The third-order valence-corrected chi connectivity index (χ3v) is 0.359. The van der Waals surface area contributed by atoms with Gasteiger partial charge in [-0.25, -0.2) is 0 Å². The summed E-state index contributed by atoms with van der Waals surface area (Å²) in [7, 11) is 0. The van der Waals surface area contributed by atoms with E-state index in [2.05, 4.69) is 0 Å². The average molecular weight is 88.1 g/mol. The van der Waals surface area contributed by atoms with E-state index < -0.39 is 12.7 Å². The minimum Gasteiger partial charge on any atom is -0.393 e. The van der Waals surface area contributed by atoms with Crippen molar-refractivity contribution in [2.24, 2.45) is 0 Å². The molecule has 0 rings (SSSR count). The average Bonchev–Trinajstić information content (AvgIpc) is 1.65. The molecule has 0 spiro atoms. The minimum atomic E-state index is -1.08. The van der Waals surface area contributed by atoms with E-state index in [4.69, 9.17) is 15.6 Å². The summed E-state index contributed by atoms with van der Waals surface area (Å²) < 4.78 is 0. The van der Waals surface area contributed by atoms with Gasteiger partial charge >= 0.3 is 0 Å². The van der Waals surface area contributed by atoms with Gasteiger partial charge in [0.1, 0.15) is 6.10 Å². The van der Waals surface area contributed by atoms with E-state index in [1.165, 1.54) is 0 Å². The fourth-order valence-corrected chi connectivity index (χ4v) is 0.0471. The van der Waals surface area contributed by atoms with Gasteiger partial charge in [-0.1, -0.05) is 0 Å². The molecule has 2 N–H and O–H groups in total. The number of hydrogen-bond donors (Lipinski definition) is 2. The molecule has 0 bridgehead atoms. The lowest BCUT2D eigenvalue weighted by molar-refractivity contribution is 0.148. The normalized spacial score (nSPS) is 13.7. The Morgan fingerprint density at radius 1 is 1.83 bits per heavy atom. The second kappa shape index (κ2) is 2.81. The predicted octanol–water partition coefficient (Wildman–Crippen LogP) is -1.79. The van der Waals surface area contributed by atoms with E-state index in [0.717, 1.165) is 0 Å². The lowest BCUT2D eigenvalue weighted by Gasteiger charge is -1.90. The zero-order valence-electron chi connectivity index (χ0n) is 3.20. The Kier molecular flexibility index (Phi) is 2.62. The van der Waals surface area contributed by atoms with Crippen LogP contribution in [0.3, 0.4) is 0 Å². The van der Waals surface area contributed by atoms with Crippen molar-refractivity contribution in [1.29, 1.82) is 0 Å². The summed E-state index contributed by atoms with van der Waals surface area (Å²) in [5, 5.41) is 23.8. The minimum absolute atomic E-state index is 0.420. The Morgan fingerprint density at radius 3 is 2.33 bits per heavy atom. The molecule has 0 aromatic heterocycles. The first kappa shape index (κ1) is 5.59. The zero-order valence-corrected chi connectivity index (χ0v) is 3.20. The van der Waals surface area contributed by atoms with Gasteiger partial charge in [-0.2, -0.15) is 5.41 Å². The van der Waals surface area contributed by atoms with Crippen molar-refractivity contribution >= 4 is 6.21 Å². The summed E-state index contributed by atoms with van der Waals surface area (Å²) in [6.07, 6.45) is -0.551. The van der Waals surface area contributed by atoms with Gasteiger partial charge in [0, 0.05) is 0 Å². The summed E-state index contributed by atoms with van der Waals surface area (Å²) in [6, 6.07) is 0. The summed E-state index contributed by atoms with van der Waals surface area (Å²) >= 11 is 0. The predicted molar refractivity (Wildman–Crippen MR) is 21.3 cm³/mol. The highest BCUT2D eigenvalue weighted by atomic mass is 16.3. The Balaban J connectivity index is 2.96. The van der Waals surface area contributed by atoms with Gasteiger partial charge in [0.05, 0.1) is 12.8 Å². The van der Waals surface area contributed by atoms with E-state index >= 15 is 0 Å². The van der Waals surface area contributed by atoms with Crippen LogP contribution in [0.15, 0.2) is 0 Å². The van der Waals surface area contributed by atoms with Crippen LogP contribution in [0.25, 0.3) is 0 Å². The Morgan fingerprint density at radius 2 is 2.33 bits per heavy atom. The lowest BCUT2D eigenvalue weighted by Crippen LogP contribution is -2.12. The van der Waals surface area contributed by atoms with Gasteiger partial charge in [0.25, 0.3) is 0 Å². The lowest BCUT2D eigenvalue weighted by atomic mass is 10.4. The number of aliphatic hydroxyl groups excluding tert-OH is 2. The smallest absolute Gasteiger partial charge is 0.114 e. The van der Waals surface area contributed by atoms with Crippen LogP contribution < -0.4 is 5.41 Å². The maximum Gasteiger partial charge on any atom is 0.114 e. The van der Waals surface area contributed by atoms with Crippen LogP contribution in [0.4, 0.5) is 0 Å². The fourth-order valence-electron chi connectivity index (χ4n) is 0.0471. The maximum atomic E-state index is 8.11. The number of nitrogens with zero attached hydrogens (tertiary/aromatic N) is 1. The molecule has 0 heterocycles. The molecule has 0 aromatic rings. The first-order chi connectivity index (χ1) is 2.81. The molecule has 1 unspecified atom stereocenters. The summed E-state index contributed by atoms with van der Waals surface area (Å²) in [6.45, 7) is -0.420. The van der Waals surface area contributed by atoms with E-state index in [-0.39, 0.29) is 0 Å². The van der Waals surface area contributed by atoms with Crippen molar-refractivity contribution in [2.75, 3.05) is 6.61 Å². The molecule has 0 aliphatic carbocycles. The summed E-state index contributed by atoms with van der Waals surface area (Å²) in [5.74, 6) is 0. The highest BCUT2D eigenvalue weighted by molar-refractivity contribution is 5.59. The molecule has 1 atom stereocenters. The van der Waals surface area contributed by atoms with Gasteiger partial charge in [-0.3, -0.25) is 0 Å². The molecule has 3 heteroatoms. The van der Waals surface area contributed by atoms with Crippen molar-refractivity contribution in [1.82, 2.24) is 5.41 Å². The quantitative estimate of drug-likeness (QED) is 0.391. The molecule has 35 valence electrons. The van der Waals surface area contributed by atoms with Crippen molar-refractivity contribution in [3.63, 3.8) is 0 Å². The molecule has 1 radical (unpaired) electrons. The van der Waals surface area contributed by atoms with Crippen molar-refractivity contribution < 1.29 is 10.2 Å². The monoisotopic (exact) mass is 88.0 g/mol. The Hall–Kier alpha value is -0.410. The summed E-state index contributed by atoms with van der Waals surface area (Å²) in [5.41, 5.74) is 0. The van der Waals surface area contributed by atoms with Gasteiger partial charge in [0.2, 0.25) is 0 Å². The van der Waals surface area contributed by atoms with Crippen molar-refractivity contribution in [2.45, 2.75) is 6.10 Å². The van der Waals surface area contributed by atoms with Gasteiger partial charge in [0.15, 0.2) is 0 Å². The standard InChI is InChI=1S/C3H6NO2/c4-1-3(6)2-5/h1,3,5-6H,2H2. The third kappa shape index (κ3) is 1.87. The molecule has 3 nitrogen and oxygen atoms in total. The Labute approximate surface area is 35.7 Å². The van der Waals surface area contributed by atoms with Gasteiger partial charge in [-0.05, 0) is 0 Å². The molecule has 0 aromatic carbocycles. The maximum absolute atomic E-state index is 8.11.